The second-order valence-corrected chi connectivity index (χ2v) is 11.9. The minimum atomic E-state index is -0.840. The van der Waals surface area contributed by atoms with Crippen molar-refractivity contribution in [1.82, 2.24) is 4.98 Å². The average molecular weight is 458 g/mol. The van der Waals surface area contributed by atoms with E-state index in [0.29, 0.717) is 18.8 Å². The lowest BCUT2D eigenvalue weighted by Crippen LogP contribution is -2.65. The number of H-pyrrole nitrogens is 1. The average Bonchev–Trinajstić information content (AvgIpc) is 3.45. The second kappa shape index (κ2) is 6.70. The number of carbonyl (C=O) groups is 1. The molecule has 1 aliphatic heterocycles. The Balaban J connectivity index is 1.42. The highest BCUT2D eigenvalue weighted by Gasteiger charge is 2.85. The molecule has 0 amide bonds. The number of aliphatic hydroxyl groups excluding tert-OH is 1. The van der Waals surface area contributed by atoms with Gasteiger partial charge >= 0.3 is 5.97 Å². The molecule has 1 aromatic heterocycles. The molecule has 0 radical (unpaired) electrons. The number of esters is 1. The van der Waals surface area contributed by atoms with E-state index in [1.165, 1.54) is 6.92 Å². The predicted octanol–water partition coefficient (Wildman–Crippen LogP) is 2.65. The van der Waals surface area contributed by atoms with Gasteiger partial charge in [0.1, 0.15) is 17.8 Å². The number of epoxide rings is 1. The van der Waals surface area contributed by atoms with Gasteiger partial charge in [-0.15, -0.1) is 0 Å². The zero-order valence-corrected chi connectivity index (χ0v) is 19.7. The van der Waals surface area contributed by atoms with Gasteiger partial charge in [-0.2, -0.15) is 0 Å². The Kier molecular flexibility index (Phi) is 4.43. The van der Waals surface area contributed by atoms with Crippen LogP contribution in [0.1, 0.15) is 77.2 Å². The molecule has 6 rings (SSSR count). The number of hydrogen-bond donors (Lipinski definition) is 3. The van der Waals surface area contributed by atoms with Crippen LogP contribution in [0, 0.1) is 22.7 Å². The number of fused-ring (bicyclic) bond motifs is 3. The van der Waals surface area contributed by atoms with Gasteiger partial charge in [-0.1, -0.05) is 19.9 Å². The molecule has 4 aliphatic carbocycles. The van der Waals surface area contributed by atoms with Gasteiger partial charge in [0.2, 0.25) is 5.56 Å². The lowest BCUT2D eigenvalue weighted by Gasteiger charge is -2.63. The largest absolute Gasteiger partial charge is 0.459 e. The van der Waals surface area contributed by atoms with Gasteiger partial charge in [0.15, 0.2) is 0 Å². The Morgan fingerprint density at radius 3 is 2.55 bits per heavy atom. The van der Waals surface area contributed by atoms with Crippen molar-refractivity contribution >= 4 is 5.97 Å². The van der Waals surface area contributed by atoms with E-state index < -0.39 is 17.3 Å². The highest BCUT2D eigenvalue weighted by atomic mass is 16.7. The van der Waals surface area contributed by atoms with E-state index >= 15 is 0 Å². The van der Waals surface area contributed by atoms with E-state index in [2.05, 4.69) is 18.8 Å². The molecule has 1 spiro atoms. The zero-order valence-electron chi connectivity index (χ0n) is 19.7. The van der Waals surface area contributed by atoms with Crippen molar-refractivity contribution in [3.8, 4) is 0 Å². The summed E-state index contributed by atoms with van der Waals surface area (Å²) in [6.45, 7) is 5.95. The van der Waals surface area contributed by atoms with Crippen LogP contribution in [0.5, 0.6) is 0 Å². The van der Waals surface area contributed by atoms with Crippen LogP contribution in [0.15, 0.2) is 23.1 Å². The maximum Gasteiger partial charge on any atom is 0.303 e. The first kappa shape index (κ1) is 21.8. The van der Waals surface area contributed by atoms with Gasteiger partial charge in [-0.3, -0.25) is 9.59 Å². The van der Waals surface area contributed by atoms with Crippen LogP contribution in [0.4, 0.5) is 0 Å². The fraction of sp³-hybridized carbons (Fsp3) is 0.769. The first-order chi connectivity index (χ1) is 15.6. The monoisotopic (exact) mass is 457 g/mol. The molecular weight excluding hydrogens is 422 g/mol. The Labute approximate surface area is 193 Å². The summed E-state index contributed by atoms with van der Waals surface area (Å²) in [6.07, 6.45) is 6.17. The minimum absolute atomic E-state index is 0.0558. The molecule has 7 heteroatoms. The van der Waals surface area contributed by atoms with Gasteiger partial charge in [-0.25, -0.2) is 0 Å². The second-order valence-electron chi connectivity index (χ2n) is 11.9. The van der Waals surface area contributed by atoms with Gasteiger partial charge in [0, 0.05) is 36.9 Å². The number of rotatable bonds is 2. The standard InChI is InChI=1S/C26H35NO6/c1-14(28)32-21-20(15-4-5-19(30)27-13-15)24(3)10-7-17-18(26(24)22(21)33-26)8-11-25(31)12-16(29)6-9-23(17,25)2/h4-5,13,16-18,20-22,29,31H,6-12H2,1-3H3,(H,27,30)/t16-,17-,18+,20-,21+,22+,23+,24+,25-,26?/m0/s1. The maximum atomic E-state index is 12.1. The van der Waals surface area contributed by atoms with Crippen molar-refractivity contribution in [3.63, 3.8) is 0 Å². The van der Waals surface area contributed by atoms with Crippen LogP contribution in [0.2, 0.25) is 0 Å². The van der Waals surface area contributed by atoms with Crippen molar-refractivity contribution in [1.29, 1.82) is 0 Å². The molecule has 1 saturated heterocycles. The summed E-state index contributed by atoms with van der Waals surface area (Å²) in [4.78, 5) is 26.6. The molecule has 4 saturated carbocycles. The van der Waals surface area contributed by atoms with E-state index in [4.69, 9.17) is 9.47 Å². The number of pyridine rings is 1. The first-order valence-electron chi connectivity index (χ1n) is 12.5. The number of aliphatic hydroxyl groups is 2. The molecule has 33 heavy (non-hydrogen) atoms. The predicted molar refractivity (Wildman–Crippen MR) is 119 cm³/mol. The lowest BCUT2D eigenvalue weighted by molar-refractivity contribution is -0.224. The van der Waals surface area contributed by atoms with Crippen molar-refractivity contribution in [2.45, 2.75) is 101 Å². The van der Waals surface area contributed by atoms with E-state index in [0.717, 1.165) is 37.7 Å². The number of carbonyl (C=O) groups excluding carboxylic acids is 1. The third kappa shape index (κ3) is 2.62. The van der Waals surface area contributed by atoms with E-state index in [-0.39, 0.29) is 46.4 Å². The third-order valence-electron chi connectivity index (χ3n) is 10.7. The Bertz CT molecular complexity index is 1030. The minimum Gasteiger partial charge on any atom is -0.459 e. The molecule has 1 aromatic rings. The topological polar surface area (TPSA) is 112 Å². The van der Waals surface area contributed by atoms with Crippen LogP contribution in [0.3, 0.4) is 0 Å². The van der Waals surface area contributed by atoms with Crippen LogP contribution in [-0.4, -0.2) is 50.7 Å². The Hall–Kier alpha value is -1.70. The van der Waals surface area contributed by atoms with Crippen LogP contribution < -0.4 is 5.56 Å². The van der Waals surface area contributed by atoms with E-state index in [9.17, 15) is 19.8 Å². The summed E-state index contributed by atoms with van der Waals surface area (Å²) < 4.78 is 12.5. The normalized spacial score (nSPS) is 52.2. The fourth-order valence-electron chi connectivity index (χ4n) is 9.17. The molecule has 0 aromatic carbocycles. The molecule has 7 nitrogen and oxygen atoms in total. The SMILES string of the molecule is CC(=O)O[C@H]1[C@H]2OC23[C@@H]2CC[C@]4(O)C[C@@H](O)CC[C@]4(C)[C@H]2CC[C@]3(C)[C@H]1c1ccc(=O)[nH]c1. The number of hydrogen-bond acceptors (Lipinski definition) is 6. The molecule has 180 valence electrons. The molecule has 10 atom stereocenters. The molecular formula is C26H35NO6. The number of aromatic nitrogens is 1. The molecule has 0 bridgehead atoms. The molecule has 3 N–H and O–H groups in total. The molecule has 5 fully saturated rings. The Morgan fingerprint density at radius 1 is 1.12 bits per heavy atom. The quantitative estimate of drug-likeness (QED) is 0.465. The van der Waals surface area contributed by atoms with Gasteiger partial charge in [0.05, 0.1) is 11.7 Å². The summed E-state index contributed by atoms with van der Waals surface area (Å²) in [7, 11) is 0. The van der Waals surface area contributed by atoms with Crippen LogP contribution >= 0.6 is 0 Å². The zero-order chi connectivity index (χ0) is 23.4. The molecule has 2 heterocycles. The van der Waals surface area contributed by atoms with Crippen LogP contribution in [0.25, 0.3) is 0 Å². The van der Waals surface area contributed by atoms with E-state index in [1.54, 1.807) is 12.3 Å². The molecule has 1 unspecified atom stereocenters. The summed E-state index contributed by atoms with van der Waals surface area (Å²) in [5.74, 6) is 0.201. The smallest absolute Gasteiger partial charge is 0.303 e. The third-order valence-corrected chi connectivity index (χ3v) is 10.7. The summed E-state index contributed by atoms with van der Waals surface area (Å²) in [5, 5.41) is 22.0. The highest BCUT2D eigenvalue weighted by Crippen LogP contribution is 2.78. The summed E-state index contributed by atoms with van der Waals surface area (Å²) in [6, 6.07) is 3.40. The van der Waals surface area contributed by atoms with Crippen molar-refractivity contribution in [2.75, 3.05) is 0 Å². The van der Waals surface area contributed by atoms with Crippen molar-refractivity contribution in [2.24, 2.45) is 22.7 Å². The van der Waals surface area contributed by atoms with Crippen molar-refractivity contribution in [3.05, 3.63) is 34.2 Å². The fourth-order valence-corrected chi connectivity index (χ4v) is 9.17. The van der Waals surface area contributed by atoms with E-state index in [1.807, 2.05) is 6.07 Å². The van der Waals surface area contributed by atoms with Gasteiger partial charge in [0.25, 0.3) is 0 Å². The Morgan fingerprint density at radius 2 is 1.85 bits per heavy atom. The molecule has 5 aliphatic rings. The summed E-state index contributed by atoms with van der Waals surface area (Å²) >= 11 is 0. The van der Waals surface area contributed by atoms with Gasteiger partial charge < -0.3 is 24.7 Å². The van der Waals surface area contributed by atoms with Crippen molar-refractivity contribution < 1.29 is 24.5 Å². The first-order valence-corrected chi connectivity index (χ1v) is 12.5. The highest BCUT2D eigenvalue weighted by molar-refractivity contribution is 5.66. The number of nitrogens with one attached hydrogen (secondary N) is 1. The maximum absolute atomic E-state index is 12.1. The number of ether oxygens (including phenoxy) is 2. The number of aromatic amines is 1. The van der Waals surface area contributed by atoms with Crippen LogP contribution in [-0.2, 0) is 14.3 Å². The van der Waals surface area contributed by atoms with Gasteiger partial charge in [-0.05, 0) is 61.3 Å². The summed E-state index contributed by atoms with van der Waals surface area (Å²) in [5.41, 5.74) is -0.892. The lowest BCUT2D eigenvalue weighted by atomic mass is 9.42.